The minimum Gasteiger partial charge on any atom is -0.314 e. The summed E-state index contributed by atoms with van der Waals surface area (Å²) in [6, 6.07) is 0.576. The molecule has 0 saturated carbocycles. The van der Waals surface area contributed by atoms with Gasteiger partial charge in [-0.15, -0.1) is 0 Å². The van der Waals surface area contributed by atoms with Crippen LogP contribution in [-0.2, 0) is 13.0 Å². The molecular weight excluding hydrogens is 266 g/mol. The van der Waals surface area contributed by atoms with Gasteiger partial charge in [0.15, 0.2) is 0 Å². The molecule has 0 saturated heterocycles. The second-order valence-electron chi connectivity index (χ2n) is 4.15. The molecule has 1 unspecified atom stereocenters. The third-order valence-electron chi connectivity index (χ3n) is 2.75. The van der Waals surface area contributed by atoms with E-state index in [-0.39, 0.29) is 0 Å². The van der Waals surface area contributed by atoms with Crippen LogP contribution in [0.4, 0.5) is 0 Å². The highest BCUT2D eigenvalue weighted by molar-refractivity contribution is 9.10. The second-order valence-corrected chi connectivity index (χ2v) is 5.00. The zero-order chi connectivity index (χ0) is 12.0. The lowest BCUT2D eigenvalue weighted by Crippen LogP contribution is -2.27. The Balaban J connectivity index is 2.44. The van der Waals surface area contributed by atoms with Crippen molar-refractivity contribution in [3.05, 3.63) is 16.4 Å². The van der Waals surface area contributed by atoms with Crippen LogP contribution in [0.5, 0.6) is 0 Å². The minimum absolute atomic E-state index is 0.576. The molecule has 1 aromatic rings. The van der Waals surface area contributed by atoms with Crippen molar-refractivity contribution in [2.24, 2.45) is 0 Å². The molecule has 1 atom stereocenters. The van der Waals surface area contributed by atoms with Gasteiger partial charge in [0.05, 0.1) is 16.4 Å². The molecule has 1 heterocycles. The highest BCUT2D eigenvalue weighted by Crippen LogP contribution is 2.18. The van der Waals surface area contributed by atoms with Gasteiger partial charge in [0.2, 0.25) is 0 Å². The maximum Gasteiger partial charge on any atom is 0.0635 e. The summed E-state index contributed by atoms with van der Waals surface area (Å²) in [7, 11) is 0. The van der Waals surface area contributed by atoms with Gasteiger partial charge < -0.3 is 5.32 Å². The van der Waals surface area contributed by atoms with Crippen LogP contribution in [0.15, 0.2) is 10.7 Å². The smallest absolute Gasteiger partial charge is 0.0635 e. The van der Waals surface area contributed by atoms with Gasteiger partial charge in [0, 0.05) is 12.6 Å². The van der Waals surface area contributed by atoms with E-state index in [9.17, 15) is 0 Å². The Kier molecular flexibility index (Phi) is 6.06. The molecule has 3 nitrogen and oxygen atoms in total. The van der Waals surface area contributed by atoms with E-state index in [0.717, 1.165) is 30.4 Å². The van der Waals surface area contributed by atoms with Gasteiger partial charge in [0.25, 0.3) is 0 Å². The van der Waals surface area contributed by atoms with Crippen molar-refractivity contribution in [1.82, 2.24) is 15.1 Å². The fourth-order valence-corrected chi connectivity index (χ4v) is 2.25. The molecule has 1 N–H and O–H groups in total. The van der Waals surface area contributed by atoms with E-state index in [1.807, 2.05) is 6.20 Å². The molecule has 1 rings (SSSR count). The number of hydrogen-bond acceptors (Lipinski definition) is 2. The maximum absolute atomic E-state index is 4.32. The molecule has 0 bridgehead atoms. The highest BCUT2D eigenvalue weighted by Gasteiger charge is 2.09. The molecule has 0 amide bonds. The topological polar surface area (TPSA) is 29.9 Å². The Bertz CT molecular complexity index is 309. The van der Waals surface area contributed by atoms with Gasteiger partial charge in [-0.2, -0.15) is 5.10 Å². The van der Waals surface area contributed by atoms with Gasteiger partial charge in [0.1, 0.15) is 0 Å². The van der Waals surface area contributed by atoms with Crippen LogP contribution in [-0.4, -0.2) is 22.4 Å². The van der Waals surface area contributed by atoms with Crippen molar-refractivity contribution in [3.8, 4) is 0 Å². The van der Waals surface area contributed by atoms with Crippen LogP contribution in [0.1, 0.15) is 39.3 Å². The summed E-state index contributed by atoms with van der Waals surface area (Å²) in [4.78, 5) is 0. The van der Waals surface area contributed by atoms with Crippen molar-refractivity contribution < 1.29 is 0 Å². The number of aryl methyl sites for hydroxylation is 1. The summed E-state index contributed by atoms with van der Waals surface area (Å²) in [6.07, 6.45) is 5.32. The van der Waals surface area contributed by atoms with Gasteiger partial charge >= 0.3 is 0 Å². The summed E-state index contributed by atoms with van der Waals surface area (Å²) >= 11 is 3.56. The predicted molar refractivity (Wildman–Crippen MR) is 71.7 cm³/mol. The molecule has 4 heteroatoms. The first-order chi connectivity index (χ1) is 7.69. The molecule has 0 aliphatic heterocycles. The number of hydrogen-bond donors (Lipinski definition) is 1. The number of rotatable bonds is 7. The zero-order valence-electron chi connectivity index (χ0n) is 10.5. The van der Waals surface area contributed by atoms with Gasteiger partial charge in [-0.25, -0.2) is 0 Å². The first kappa shape index (κ1) is 13.7. The molecule has 0 spiro atoms. The number of halogens is 1. The SMILES string of the molecule is CCCNC(C)CCc1c(Br)cnn1CC. The van der Waals surface area contributed by atoms with E-state index in [0.29, 0.717) is 6.04 Å². The lowest BCUT2D eigenvalue weighted by atomic mass is 10.1. The van der Waals surface area contributed by atoms with E-state index >= 15 is 0 Å². The summed E-state index contributed by atoms with van der Waals surface area (Å²) in [5.74, 6) is 0. The standard InChI is InChI=1S/C12H22BrN3/c1-4-8-14-10(3)6-7-12-11(13)9-15-16(12)5-2/h9-10,14H,4-8H2,1-3H3. The molecule has 0 aromatic carbocycles. The van der Waals surface area contributed by atoms with Crippen LogP contribution in [0.25, 0.3) is 0 Å². The quantitative estimate of drug-likeness (QED) is 0.836. The van der Waals surface area contributed by atoms with Crippen molar-refractivity contribution in [2.75, 3.05) is 6.54 Å². The average molecular weight is 288 g/mol. The third kappa shape index (κ3) is 3.91. The first-order valence-corrected chi connectivity index (χ1v) is 6.91. The molecule has 92 valence electrons. The first-order valence-electron chi connectivity index (χ1n) is 6.12. The number of nitrogens with zero attached hydrogens (tertiary/aromatic N) is 2. The normalized spacial score (nSPS) is 13.0. The third-order valence-corrected chi connectivity index (χ3v) is 3.42. The fourth-order valence-electron chi connectivity index (χ4n) is 1.75. The van der Waals surface area contributed by atoms with E-state index in [1.54, 1.807) is 0 Å². The maximum atomic E-state index is 4.32. The van der Waals surface area contributed by atoms with E-state index in [2.05, 4.69) is 51.8 Å². The minimum atomic E-state index is 0.576. The number of nitrogens with one attached hydrogen (secondary N) is 1. The van der Waals surface area contributed by atoms with E-state index in [1.165, 1.54) is 12.1 Å². The molecule has 0 aliphatic rings. The average Bonchev–Trinajstić information content (AvgIpc) is 2.64. The molecule has 1 aromatic heterocycles. The lowest BCUT2D eigenvalue weighted by Gasteiger charge is -2.13. The molecular formula is C12H22BrN3. The monoisotopic (exact) mass is 287 g/mol. The van der Waals surface area contributed by atoms with Crippen LogP contribution in [0, 0.1) is 0 Å². The molecule has 0 aliphatic carbocycles. The van der Waals surface area contributed by atoms with E-state index < -0.39 is 0 Å². The Labute approximate surface area is 107 Å². The Hall–Kier alpha value is -0.350. The van der Waals surface area contributed by atoms with Crippen LogP contribution in [0.3, 0.4) is 0 Å². The van der Waals surface area contributed by atoms with Crippen LogP contribution >= 0.6 is 15.9 Å². The van der Waals surface area contributed by atoms with E-state index in [4.69, 9.17) is 0 Å². The fraction of sp³-hybridized carbons (Fsp3) is 0.750. The summed E-state index contributed by atoms with van der Waals surface area (Å²) in [6.45, 7) is 8.62. The molecule has 16 heavy (non-hydrogen) atoms. The van der Waals surface area contributed by atoms with Crippen molar-refractivity contribution in [2.45, 2.75) is 52.6 Å². The van der Waals surface area contributed by atoms with Gasteiger partial charge in [-0.05, 0) is 55.6 Å². The van der Waals surface area contributed by atoms with Gasteiger partial charge in [-0.3, -0.25) is 4.68 Å². The van der Waals surface area contributed by atoms with Crippen LogP contribution < -0.4 is 5.32 Å². The second kappa shape index (κ2) is 7.07. The number of aromatic nitrogens is 2. The Morgan fingerprint density at radius 2 is 2.25 bits per heavy atom. The largest absolute Gasteiger partial charge is 0.314 e. The van der Waals surface area contributed by atoms with Crippen LogP contribution in [0.2, 0.25) is 0 Å². The Morgan fingerprint density at radius 1 is 1.50 bits per heavy atom. The summed E-state index contributed by atoms with van der Waals surface area (Å²) < 4.78 is 3.20. The summed E-state index contributed by atoms with van der Waals surface area (Å²) in [5, 5.41) is 7.83. The lowest BCUT2D eigenvalue weighted by molar-refractivity contribution is 0.500. The zero-order valence-corrected chi connectivity index (χ0v) is 12.0. The highest BCUT2D eigenvalue weighted by atomic mass is 79.9. The summed E-state index contributed by atoms with van der Waals surface area (Å²) in [5.41, 5.74) is 1.31. The van der Waals surface area contributed by atoms with Crippen molar-refractivity contribution >= 4 is 15.9 Å². The van der Waals surface area contributed by atoms with Crippen molar-refractivity contribution in [3.63, 3.8) is 0 Å². The molecule has 0 fully saturated rings. The van der Waals surface area contributed by atoms with Gasteiger partial charge in [-0.1, -0.05) is 6.92 Å². The molecule has 0 radical (unpaired) electrons. The Morgan fingerprint density at radius 3 is 2.88 bits per heavy atom. The van der Waals surface area contributed by atoms with Crippen molar-refractivity contribution in [1.29, 1.82) is 0 Å². The predicted octanol–water partition coefficient (Wildman–Crippen LogP) is 2.99.